The Morgan fingerprint density at radius 3 is 2.74 bits per heavy atom. The number of methoxy groups -OCH3 is 1. The zero-order chi connectivity index (χ0) is 23.7. The van der Waals surface area contributed by atoms with E-state index in [-0.39, 0.29) is 0 Å². The first-order chi connectivity index (χ1) is 16.5. The molecule has 0 atom stereocenters. The van der Waals surface area contributed by atoms with E-state index in [1.807, 2.05) is 41.2 Å². The number of esters is 1. The number of benzene rings is 3. The summed E-state index contributed by atoms with van der Waals surface area (Å²) in [6.45, 7) is 0.654. The van der Waals surface area contributed by atoms with E-state index in [1.165, 1.54) is 34.8 Å². The van der Waals surface area contributed by atoms with Crippen LogP contribution >= 0.6 is 35.2 Å². The second kappa shape index (κ2) is 9.42. The lowest BCUT2D eigenvalue weighted by atomic mass is 10.0. The van der Waals surface area contributed by atoms with Crippen LogP contribution in [-0.2, 0) is 11.3 Å². The molecule has 6 nitrogen and oxygen atoms in total. The molecule has 0 spiro atoms. The van der Waals surface area contributed by atoms with Gasteiger partial charge in [-0.15, -0.1) is 11.3 Å². The van der Waals surface area contributed by atoms with Gasteiger partial charge in [0.25, 0.3) is 0 Å². The molecular formula is C25H19ClN4O2S2. The number of nitrogens with zero attached hydrogens (tertiary/aromatic N) is 2. The van der Waals surface area contributed by atoms with Gasteiger partial charge in [0.15, 0.2) is 5.11 Å². The average molecular weight is 507 g/mol. The van der Waals surface area contributed by atoms with Crippen molar-refractivity contribution in [2.24, 2.45) is 0 Å². The van der Waals surface area contributed by atoms with Gasteiger partial charge in [-0.05, 0) is 46.8 Å². The van der Waals surface area contributed by atoms with Crippen LogP contribution < -0.4 is 10.6 Å². The van der Waals surface area contributed by atoms with E-state index >= 15 is 0 Å². The maximum absolute atomic E-state index is 11.9. The molecule has 170 valence electrons. The smallest absolute Gasteiger partial charge is 0.349 e. The Hall–Kier alpha value is -3.46. The van der Waals surface area contributed by atoms with E-state index in [2.05, 4.69) is 46.1 Å². The van der Waals surface area contributed by atoms with Crippen molar-refractivity contribution >= 4 is 78.5 Å². The van der Waals surface area contributed by atoms with Crippen LogP contribution in [0.15, 0.2) is 73.1 Å². The number of carbonyl (C=O) groups excluding carboxylic acids is 1. The van der Waals surface area contributed by atoms with Gasteiger partial charge in [-0.3, -0.25) is 4.68 Å². The van der Waals surface area contributed by atoms with E-state index in [0.29, 0.717) is 21.6 Å². The summed E-state index contributed by atoms with van der Waals surface area (Å²) in [5.41, 5.74) is 2.76. The molecule has 34 heavy (non-hydrogen) atoms. The molecule has 0 amide bonds. The number of rotatable bonds is 5. The summed E-state index contributed by atoms with van der Waals surface area (Å²) in [7, 11) is 1.34. The van der Waals surface area contributed by atoms with Crippen molar-refractivity contribution in [3.05, 3.63) is 88.5 Å². The summed E-state index contributed by atoms with van der Waals surface area (Å²) in [5, 5.41) is 14.9. The minimum Gasteiger partial charge on any atom is -0.465 e. The summed E-state index contributed by atoms with van der Waals surface area (Å²) in [4.78, 5) is 12.3. The number of halogens is 1. The van der Waals surface area contributed by atoms with Gasteiger partial charge in [0.05, 0.1) is 30.6 Å². The predicted octanol–water partition coefficient (Wildman–Crippen LogP) is 6.55. The largest absolute Gasteiger partial charge is 0.465 e. The number of carbonyl (C=O) groups is 1. The molecule has 0 unspecified atom stereocenters. The zero-order valence-corrected chi connectivity index (χ0v) is 20.4. The Morgan fingerprint density at radius 2 is 1.88 bits per heavy atom. The first-order valence-electron chi connectivity index (χ1n) is 10.4. The maximum atomic E-state index is 11.9. The average Bonchev–Trinajstić information content (AvgIpc) is 3.42. The van der Waals surface area contributed by atoms with Gasteiger partial charge in [-0.1, -0.05) is 54.1 Å². The van der Waals surface area contributed by atoms with Crippen LogP contribution in [0.5, 0.6) is 0 Å². The molecule has 0 bridgehead atoms. The number of ether oxygens (including phenoxy) is 1. The number of hydrogen-bond donors (Lipinski definition) is 2. The van der Waals surface area contributed by atoms with Gasteiger partial charge in [0, 0.05) is 22.0 Å². The van der Waals surface area contributed by atoms with Crippen LogP contribution in [0.3, 0.4) is 0 Å². The summed E-state index contributed by atoms with van der Waals surface area (Å²) >= 11 is 13.1. The van der Waals surface area contributed by atoms with Crippen molar-refractivity contribution in [1.29, 1.82) is 0 Å². The molecule has 9 heteroatoms. The van der Waals surface area contributed by atoms with Crippen molar-refractivity contribution in [2.75, 3.05) is 17.7 Å². The number of thiocarbonyl (C=S) groups is 1. The van der Waals surface area contributed by atoms with Crippen molar-refractivity contribution in [3.8, 4) is 0 Å². The maximum Gasteiger partial charge on any atom is 0.349 e. The molecule has 0 aliphatic heterocycles. The van der Waals surface area contributed by atoms with E-state index in [9.17, 15) is 4.79 Å². The Labute approximate surface area is 210 Å². The molecule has 3 aromatic carbocycles. The number of nitrogens with one attached hydrogen (secondary N) is 2. The SMILES string of the molecule is COC(=O)c1sc2cc(NC(=S)Nc3cnn(Cc4cccc5ccccc45)c3)ccc2c1Cl. The third-order valence-corrected chi connectivity index (χ3v) is 7.20. The fourth-order valence-corrected chi connectivity index (χ4v) is 5.48. The summed E-state index contributed by atoms with van der Waals surface area (Å²) in [5.74, 6) is -0.446. The van der Waals surface area contributed by atoms with Crippen molar-refractivity contribution in [1.82, 2.24) is 9.78 Å². The van der Waals surface area contributed by atoms with Crippen LogP contribution in [0.25, 0.3) is 20.9 Å². The molecule has 2 N–H and O–H groups in total. The number of anilines is 2. The van der Waals surface area contributed by atoms with E-state index in [1.54, 1.807) is 6.20 Å². The second-order valence-electron chi connectivity index (χ2n) is 7.59. The highest BCUT2D eigenvalue weighted by molar-refractivity contribution is 7.80. The van der Waals surface area contributed by atoms with Gasteiger partial charge in [-0.2, -0.15) is 5.10 Å². The van der Waals surface area contributed by atoms with Gasteiger partial charge in [0.1, 0.15) is 4.88 Å². The van der Waals surface area contributed by atoms with Gasteiger partial charge in [-0.25, -0.2) is 4.79 Å². The topological polar surface area (TPSA) is 68.2 Å². The molecule has 0 aliphatic carbocycles. The van der Waals surface area contributed by atoms with Crippen LogP contribution in [0.2, 0.25) is 5.02 Å². The first-order valence-corrected chi connectivity index (χ1v) is 12.0. The van der Waals surface area contributed by atoms with Crippen molar-refractivity contribution < 1.29 is 9.53 Å². The molecular weight excluding hydrogens is 488 g/mol. The van der Waals surface area contributed by atoms with Crippen LogP contribution in [-0.4, -0.2) is 28.0 Å². The van der Waals surface area contributed by atoms with E-state index < -0.39 is 5.97 Å². The lowest BCUT2D eigenvalue weighted by molar-refractivity contribution is 0.0606. The number of hydrogen-bond acceptors (Lipinski definition) is 5. The molecule has 0 fully saturated rings. The highest BCUT2D eigenvalue weighted by Crippen LogP contribution is 2.37. The van der Waals surface area contributed by atoms with Gasteiger partial charge in [0.2, 0.25) is 0 Å². The van der Waals surface area contributed by atoms with E-state index in [4.69, 9.17) is 28.6 Å². The third kappa shape index (κ3) is 4.48. The minimum atomic E-state index is -0.446. The lowest BCUT2D eigenvalue weighted by Gasteiger charge is -2.09. The summed E-state index contributed by atoms with van der Waals surface area (Å²) in [6.07, 6.45) is 3.66. The molecule has 5 aromatic rings. The molecule has 0 saturated heterocycles. The predicted molar refractivity (Wildman–Crippen MR) is 143 cm³/mol. The summed E-state index contributed by atoms with van der Waals surface area (Å²) in [6, 6.07) is 20.2. The Morgan fingerprint density at radius 1 is 1.09 bits per heavy atom. The molecule has 2 heterocycles. The first kappa shape index (κ1) is 22.3. The lowest BCUT2D eigenvalue weighted by Crippen LogP contribution is -2.18. The van der Waals surface area contributed by atoms with Gasteiger partial charge < -0.3 is 15.4 Å². The third-order valence-electron chi connectivity index (χ3n) is 5.36. The fraction of sp³-hybridized carbons (Fsp3) is 0.0800. The number of aromatic nitrogens is 2. The van der Waals surface area contributed by atoms with Crippen LogP contribution in [0, 0.1) is 0 Å². The minimum absolute atomic E-state index is 0.385. The summed E-state index contributed by atoms with van der Waals surface area (Å²) < 4.78 is 7.54. The Balaban J connectivity index is 1.27. The quantitative estimate of drug-likeness (QED) is 0.208. The Bertz CT molecular complexity index is 1540. The molecule has 0 aliphatic rings. The highest BCUT2D eigenvalue weighted by atomic mass is 35.5. The molecule has 0 saturated carbocycles. The standard InChI is InChI=1S/C25H19ClN4O2S2/c1-32-24(31)23-22(26)20-10-9-17(11-21(20)34-23)28-25(33)29-18-12-27-30(14-18)13-16-7-4-6-15-5-2-3-8-19(15)16/h2-12,14H,13H2,1H3,(H2,28,29,33). The number of thiophene rings is 1. The van der Waals surface area contributed by atoms with Gasteiger partial charge >= 0.3 is 5.97 Å². The van der Waals surface area contributed by atoms with Crippen LogP contribution in [0.4, 0.5) is 11.4 Å². The second-order valence-corrected chi connectivity index (χ2v) is 9.43. The fourth-order valence-electron chi connectivity index (χ4n) is 3.78. The molecule has 0 radical (unpaired) electrons. The monoisotopic (exact) mass is 506 g/mol. The normalized spacial score (nSPS) is 11.0. The van der Waals surface area contributed by atoms with Crippen LogP contribution in [0.1, 0.15) is 15.2 Å². The van der Waals surface area contributed by atoms with Crippen molar-refractivity contribution in [3.63, 3.8) is 0 Å². The van der Waals surface area contributed by atoms with Crippen molar-refractivity contribution in [2.45, 2.75) is 6.54 Å². The Kier molecular flexibility index (Phi) is 6.19. The van der Waals surface area contributed by atoms with E-state index in [0.717, 1.165) is 21.5 Å². The molecule has 5 rings (SSSR count). The highest BCUT2D eigenvalue weighted by Gasteiger charge is 2.18. The number of fused-ring (bicyclic) bond motifs is 2. The zero-order valence-electron chi connectivity index (χ0n) is 18.0. The molecule has 2 aromatic heterocycles.